The Labute approximate surface area is 98.9 Å². The normalized spacial score (nSPS) is 8.19. The fourth-order valence-electron chi connectivity index (χ4n) is 0.901. The number of aromatic nitrogens is 1. The zero-order chi connectivity index (χ0) is 13.0. The van der Waals surface area contributed by atoms with Crippen LogP contribution in [0, 0.1) is 5.82 Å². The summed E-state index contributed by atoms with van der Waals surface area (Å²) in [5.41, 5.74) is 0.885. The summed E-state index contributed by atoms with van der Waals surface area (Å²) in [7, 11) is 0. The van der Waals surface area contributed by atoms with E-state index >= 15 is 0 Å². The minimum atomic E-state index is -0.379. The van der Waals surface area contributed by atoms with E-state index < -0.39 is 0 Å². The molecule has 0 aromatic carbocycles. The molecule has 0 amide bonds. The first kappa shape index (κ1) is 17.3. The molecule has 0 aliphatic carbocycles. The Morgan fingerprint density at radius 2 is 1.75 bits per heavy atom. The van der Waals surface area contributed by atoms with Crippen molar-refractivity contribution in [2.45, 2.75) is 48.0 Å². The molecule has 0 saturated carbocycles. The quantitative estimate of drug-likeness (QED) is 0.773. The first-order chi connectivity index (χ1) is 7.77. The van der Waals surface area contributed by atoms with Gasteiger partial charge in [-0.25, -0.2) is 9.37 Å². The predicted octanol–water partition coefficient (Wildman–Crippen LogP) is 4.23. The number of pyridine rings is 1. The predicted molar refractivity (Wildman–Crippen MR) is 67.4 cm³/mol. The minimum Gasteiger partial charge on any atom is -0.476 e. The molecule has 3 heteroatoms. The van der Waals surface area contributed by atoms with Gasteiger partial charge in [0, 0.05) is 6.20 Å². The lowest BCUT2D eigenvalue weighted by Crippen LogP contribution is -1.98. The first-order valence-electron chi connectivity index (χ1n) is 6.05. The highest BCUT2D eigenvalue weighted by molar-refractivity contribution is 5.20. The van der Waals surface area contributed by atoms with E-state index in [9.17, 15) is 4.39 Å². The molecule has 0 unspecified atom stereocenters. The summed E-state index contributed by atoms with van der Waals surface area (Å²) in [6.07, 6.45) is 2.42. The topological polar surface area (TPSA) is 22.1 Å². The molecule has 1 rings (SSSR count). The van der Waals surface area contributed by atoms with Crippen molar-refractivity contribution < 1.29 is 9.13 Å². The van der Waals surface area contributed by atoms with Gasteiger partial charge in [-0.3, -0.25) is 0 Å². The molecule has 0 atom stereocenters. The van der Waals surface area contributed by atoms with Crippen molar-refractivity contribution in [2.24, 2.45) is 0 Å². The second kappa shape index (κ2) is 12.0. The van der Waals surface area contributed by atoms with Gasteiger partial charge in [0.05, 0.1) is 6.61 Å². The molecular formula is C13H24FNO. The summed E-state index contributed by atoms with van der Waals surface area (Å²) < 4.78 is 18.0. The van der Waals surface area contributed by atoms with Crippen molar-refractivity contribution >= 4 is 0 Å². The molecule has 0 spiro atoms. The molecule has 0 aliphatic heterocycles. The fourth-order valence-corrected chi connectivity index (χ4v) is 0.901. The molecule has 0 bridgehead atoms. The lowest BCUT2D eigenvalue weighted by atomic mass is 10.2. The zero-order valence-corrected chi connectivity index (χ0v) is 11.3. The molecule has 0 N–H and O–H groups in total. The van der Waals surface area contributed by atoms with Crippen LogP contribution in [-0.4, -0.2) is 11.6 Å². The van der Waals surface area contributed by atoms with Crippen molar-refractivity contribution in [2.75, 3.05) is 6.61 Å². The van der Waals surface area contributed by atoms with Gasteiger partial charge < -0.3 is 4.74 Å². The Balaban J connectivity index is 0. The molecule has 2 nitrogen and oxygen atoms in total. The molecule has 1 heterocycles. The van der Waals surface area contributed by atoms with E-state index in [1.807, 2.05) is 34.6 Å². The van der Waals surface area contributed by atoms with Gasteiger partial charge in [-0.1, -0.05) is 34.6 Å². The maximum atomic E-state index is 13.0. The van der Waals surface area contributed by atoms with E-state index in [2.05, 4.69) is 4.98 Å². The van der Waals surface area contributed by atoms with E-state index in [1.165, 1.54) is 6.07 Å². The van der Waals surface area contributed by atoms with Crippen LogP contribution in [0.25, 0.3) is 0 Å². The summed E-state index contributed by atoms with van der Waals surface area (Å²) in [5.74, 6) is -0.286. The Morgan fingerprint density at radius 3 is 2.12 bits per heavy atom. The van der Waals surface area contributed by atoms with Gasteiger partial charge in [0.2, 0.25) is 5.88 Å². The van der Waals surface area contributed by atoms with E-state index in [1.54, 1.807) is 13.1 Å². The van der Waals surface area contributed by atoms with Gasteiger partial charge in [0.1, 0.15) is 0 Å². The Morgan fingerprint density at radius 1 is 1.19 bits per heavy atom. The summed E-state index contributed by atoms with van der Waals surface area (Å²) in [4.78, 5) is 3.84. The number of hydrogen-bond acceptors (Lipinski definition) is 2. The molecule has 1 aromatic rings. The van der Waals surface area contributed by atoms with E-state index in [-0.39, 0.29) is 11.7 Å². The number of aryl methyl sites for hydroxylation is 1. The van der Waals surface area contributed by atoms with Gasteiger partial charge in [0.25, 0.3) is 0 Å². The van der Waals surface area contributed by atoms with Crippen LogP contribution in [0.15, 0.2) is 12.3 Å². The zero-order valence-electron chi connectivity index (χ0n) is 11.3. The third-order valence-electron chi connectivity index (χ3n) is 1.55. The molecule has 1 aromatic heterocycles. The van der Waals surface area contributed by atoms with E-state index in [0.29, 0.717) is 6.61 Å². The van der Waals surface area contributed by atoms with Crippen molar-refractivity contribution in [1.82, 2.24) is 4.98 Å². The first-order valence-corrected chi connectivity index (χ1v) is 6.05. The maximum Gasteiger partial charge on any atom is 0.250 e. The average molecular weight is 229 g/mol. The van der Waals surface area contributed by atoms with Crippen LogP contribution >= 0.6 is 0 Å². The Hall–Kier alpha value is -1.12. The third-order valence-corrected chi connectivity index (χ3v) is 1.55. The van der Waals surface area contributed by atoms with Gasteiger partial charge in [-0.15, -0.1) is 0 Å². The van der Waals surface area contributed by atoms with Crippen LogP contribution in [0.2, 0.25) is 0 Å². The lowest BCUT2D eigenvalue weighted by molar-refractivity contribution is 0.307. The van der Waals surface area contributed by atoms with Crippen molar-refractivity contribution in [3.63, 3.8) is 0 Å². The van der Waals surface area contributed by atoms with Crippen molar-refractivity contribution in [3.05, 3.63) is 23.6 Å². The lowest BCUT2D eigenvalue weighted by Gasteiger charge is -2.03. The van der Waals surface area contributed by atoms with Crippen LogP contribution in [0.4, 0.5) is 4.39 Å². The number of ether oxygens (including phenoxy) is 1. The summed E-state index contributed by atoms with van der Waals surface area (Å²) >= 11 is 0. The molecule has 0 fully saturated rings. The van der Waals surface area contributed by atoms with Crippen LogP contribution in [0.3, 0.4) is 0 Å². The molecule has 0 radical (unpaired) electrons. The number of rotatable bonds is 3. The largest absolute Gasteiger partial charge is 0.476 e. The van der Waals surface area contributed by atoms with Crippen LogP contribution in [0.1, 0.15) is 47.1 Å². The van der Waals surface area contributed by atoms with Crippen LogP contribution in [-0.2, 0) is 6.42 Å². The summed E-state index contributed by atoms with van der Waals surface area (Å²) in [5, 5.41) is 0. The highest BCUT2D eigenvalue weighted by atomic mass is 19.1. The highest BCUT2D eigenvalue weighted by Gasteiger charge is 2.03. The second-order valence-electron chi connectivity index (χ2n) is 2.42. The van der Waals surface area contributed by atoms with Gasteiger partial charge in [-0.05, 0) is 25.0 Å². The molecule has 94 valence electrons. The minimum absolute atomic E-state index is 0.0923. The average Bonchev–Trinajstić information content (AvgIpc) is 2.37. The van der Waals surface area contributed by atoms with Crippen LogP contribution in [0.5, 0.6) is 5.88 Å². The van der Waals surface area contributed by atoms with Crippen molar-refractivity contribution in [3.8, 4) is 5.88 Å². The van der Waals surface area contributed by atoms with Gasteiger partial charge in [-0.2, -0.15) is 0 Å². The fraction of sp³-hybridized carbons (Fsp3) is 0.615. The van der Waals surface area contributed by atoms with Crippen molar-refractivity contribution in [1.29, 1.82) is 0 Å². The van der Waals surface area contributed by atoms with Crippen LogP contribution < -0.4 is 4.74 Å². The number of nitrogens with zero attached hydrogens (tertiary/aromatic N) is 1. The highest BCUT2D eigenvalue weighted by Crippen LogP contribution is 2.14. The molecule has 0 aliphatic rings. The van der Waals surface area contributed by atoms with Gasteiger partial charge >= 0.3 is 0 Å². The monoisotopic (exact) mass is 229 g/mol. The summed E-state index contributed by atoms with van der Waals surface area (Å²) in [6, 6.07) is 1.46. The second-order valence-corrected chi connectivity index (χ2v) is 2.42. The Kier molecular flexibility index (Phi) is 12.9. The number of hydrogen-bond donors (Lipinski definition) is 0. The van der Waals surface area contributed by atoms with E-state index in [0.717, 1.165) is 12.0 Å². The number of halogens is 1. The Bertz CT molecular complexity index is 264. The standard InChI is InChI=1S/C9H12FNO.2C2H6/c1-3-7-5-8(10)9(11-6-7)12-4-2;2*1-2/h5-6H,3-4H2,1-2H3;2*1-2H3. The third kappa shape index (κ3) is 6.38. The molecule has 16 heavy (non-hydrogen) atoms. The van der Waals surface area contributed by atoms with Gasteiger partial charge in [0.15, 0.2) is 5.82 Å². The molecule has 0 saturated heterocycles. The SMILES string of the molecule is CC.CC.CCOc1ncc(CC)cc1F. The maximum absolute atomic E-state index is 13.0. The molecular weight excluding hydrogens is 205 g/mol. The van der Waals surface area contributed by atoms with E-state index in [4.69, 9.17) is 4.74 Å². The summed E-state index contributed by atoms with van der Waals surface area (Å²) in [6.45, 7) is 12.2. The smallest absolute Gasteiger partial charge is 0.250 e.